The largest absolute Gasteiger partial charge is 0.361 e. The summed E-state index contributed by atoms with van der Waals surface area (Å²) in [5.74, 6) is -0.318. The first-order valence-corrected chi connectivity index (χ1v) is 7.76. The average molecular weight is 464 g/mol. The first-order valence-electron chi connectivity index (χ1n) is 7.76. The van der Waals surface area contributed by atoms with Crippen LogP contribution in [0.3, 0.4) is 0 Å². The van der Waals surface area contributed by atoms with Crippen LogP contribution in [0.1, 0.15) is 35.5 Å². The number of guanidine groups is 1. The number of rotatable bonds is 5. The van der Waals surface area contributed by atoms with Crippen molar-refractivity contribution in [3.05, 3.63) is 52.4 Å². The smallest absolute Gasteiger partial charge is 0.191 e. The van der Waals surface area contributed by atoms with Crippen LogP contribution in [0, 0.1) is 25.5 Å². The molecular formula is C17H23F2IN4O. The fourth-order valence-electron chi connectivity index (χ4n) is 2.43. The minimum Gasteiger partial charge on any atom is -0.361 e. The van der Waals surface area contributed by atoms with Gasteiger partial charge in [0.1, 0.15) is 5.76 Å². The zero-order valence-electron chi connectivity index (χ0n) is 14.7. The molecule has 0 aliphatic rings. The Morgan fingerprint density at radius 1 is 1.28 bits per heavy atom. The van der Waals surface area contributed by atoms with E-state index in [2.05, 4.69) is 20.8 Å². The number of benzene rings is 1. The molecule has 0 aliphatic heterocycles. The van der Waals surface area contributed by atoms with Gasteiger partial charge in [0, 0.05) is 19.2 Å². The SMILES string of the molecule is CN=C(NCCc1c(C)noc1C)NC(C)c1ccc(F)c(F)c1.I. The van der Waals surface area contributed by atoms with Crippen LogP contribution in [0.15, 0.2) is 27.7 Å². The Labute approximate surface area is 163 Å². The van der Waals surface area contributed by atoms with Crippen LogP contribution in [0.4, 0.5) is 8.78 Å². The lowest BCUT2D eigenvalue weighted by Crippen LogP contribution is -2.39. The Morgan fingerprint density at radius 3 is 2.56 bits per heavy atom. The van der Waals surface area contributed by atoms with E-state index in [1.165, 1.54) is 6.07 Å². The molecule has 0 amide bonds. The van der Waals surface area contributed by atoms with Gasteiger partial charge in [0.05, 0.1) is 11.7 Å². The van der Waals surface area contributed by atoms with Crippen molar-refractivity contribution in [1.82, 2.24) is 15.8 Å². The molecule has 2 rings (SSSR count). The minimum atomic E-state index is -0.859. The topological polar surface area (TPSA) is 62.5 Å². The van der Waals surface area contributed by atoms with Crippen LogP contribution in [0.25, 0.3) is 0 Å². The van der Waals surface area contributed by atoms with Crippen LogP contribution in [0.5, 0.6) is 0 Å². The Balaban J connectivity index is 0.00000312. The summed E-state index contributed by atoms with van der Waals surface area (Å²) in [5.41, 5.74) is 2.60. The third-order valence-corrected chi connectivity index (χ3v) is 3.87. The van der Waals surface area contributed by atoms with E-state index in [1.807, 2.05) is 20.8 Å². The van der Waals surface area contributed by atoms with Crippen LogP contribution >= 0.6 is 24.0 Å². The molecule has 1 aromatic carbocycles. The van der Waals surface area contributed by atoms with E-state index in [0.29, 0.717) is 18.1 Å². The molecular weight excluding hydrogens is 441 g/mol. The van der Waals surface area contributed by atoms with E-state index in [0.717, 1.165) is 29.5 Å². The second-order valence-corrected chi connectivity index (χ2v) is 5.59. The first-order chi connectivity index (χ1) is 11.4. The van der Waals surface area contributed by atoms with Crippen molar-refractivity contribution >= 4 is 29.9 Å². The maximum absolute atomic E-state index is 13.3. The summed E-state index contributed by atoms with van der Waals surface area (Å²) in [6, 6.07) is 3.64. The normalized spacial score (nSPS) is 12.5. The van der Waals surface area contributed by atoms with E-state index in [-0.39, 0.29) is 30.0 Å². The fraction of sp³-hybridized carbons (Fsp3) is 0.412. The summed E-state index contributed by atoms with van der Waals surface area (Å²) in [6.07, 6.45) is 0.751. The molecule has 5 nitrogen and oxygen atoms in total. The number of aliphatic imine (C=N–C) groups is 1. The lowest BCUT2D eigenvalue weighted by Gasteiger charge is -2.18. The molecule has 0 radical (unpaired) electrons. The van der Waals surface area contributed by atoms with Gasteiger partial charge in [-0.25, -0.2) is 8.78 Å². The predicted octanol–water partition coefficient (Wildman–Crippen LogP) is 3.66. The molecule has 1 atom stereocenters. The monoisotopic (exact) mass is 464 g/mol. The summed E-state index contributed by atoms with van der Waals surface area (Å²) >= 11 is 0. The van der Waals surface area contributed by atoms with E-state index in [4.69, 9.17) is 4.52 Å². The number of hydrogen-bond acceptors (Lipinski definition) is 3. The van der Waals surface area contributed by atoms with Gasteiger partial charge >= 0.3 is 0 Å². The summed E-state index contributed by atoms with van der Waals surface area (Å²) in [6.45, 7) is 6.29. The third-order valence-electron chi connectivity index (χ3n) is 3.87. The highest BCUT2D eigenvalue weighted by atomic mass is 127. The van der Waals surface area contributed by atoms with Crippen molar-refractivity contribution in [2.45, 2.75) is 33.2 Å². The van der Waals surface area contributed by atoms with Crippen LogP contribution in [0.2, 0.25) is 0 Å². The number of nitrogens with zero attached hydrogens (tertiary/aromatic N) is 2. The molecule has 0 saturated carbocycles. The molecule has 1 heterocycles. The molecule has 2 aromatic rings. The van der Waals surface area contributed by atoms with Crippen molar-refractivity contribution in [3.63, 3.8) is 0 Å². The van der Waals surface area contributed by atoms with E-state index >= 15 is 0 Å². The van der Waals surface area contributed by atoms with Gasteiger partial charge in [0.15, 0.2) is 17.6 Å². The summed E-state index contributed by atoms with van der Waals surface area (Å²) in [7, 11) is 1.66. The molecule has 2 N–H and O–H groups in total. The highest BCUT2D eigenvalue weighted by Crippen LogP contribution is 2.16. The van der Waals surface area contributed by atoms with Gasteiger partial charge in [-0.1, -0.05) is 11.2 Å². The van der Waals surface area contributed by atoms with Crippen molar-refractivity contribution in [1.29, 1.82) is 0 Å². The standard InChI is InChI=1S/C17H22F2N4O.HI/c1-10(13-5-6-15(18)16(19)9-13)22-17(20-4)21-8-7-14-11(2)23-24-12(14)3;/h5-6,9-10H,7-8H2,1-4H3,(H2,20,21,22);1H. The minimum absolute atomic E-state index is 0. The van der Waals surface area contributed by atoms with Gasteiger partial charge < -0.3 is 15.2 Å². The maximum atomic E-state index is 13.3. The number of nitrogens with one attached hydrogen (secondary N) is 2. The van der Waals surface area contributed by atoms with Gasteiger partial charge in [0.25, 0.3) is 0 Å². The number of halogens is 3. The Bertz CT molecular complexity index is 714. The van der Waals surface area contributed by atoms with Crippen LogP contribution in [-0.4, -0.2) is 24.7 Å². The molecule has 0 bridgehead atoms. The quantitative estimate of drug-likeness (QED) is 0.403. The van der Waals surface area contributed by atoms with Gasteiger partial charge in [-0.3, -0.25) is 4.99 Å². The third kappa shape index (κ3) is 5.65. The maximum Gasteiger partial charge on any atom is 0.191 e. The van der Waals surface area contributed by atoms with E-state index < -0.39 is 11.6 Å². The van der Waals surface area contributed by atoms with Crippen molar-refractivity contribution in [2.24, 2.45) is 4.99 Å². The van der Waals surface area contributed by atoms with E-state index in [9.17, 15) is 8.78 Å². The highest BCUT2D eigenvalue weighted by molar-refractivity contribution is 14.0. The molecule has 1 unspecified atom stereocenters. The van der Waals surface area contributed by atoms with Gasteiger partial charge in [0.2, 0.25) is 0 Å². The second kappa shape index (κ2) is 9.69. The molecule has 8 heteroatoms. The zero-order chi connectivity index (χ0) is 17.7. The fourth-order valence-corrected chi connectivity index (χ4v) is 2.43. The van der Waals surface area contributed by atoms with Crippen LogP contribution in [-0.2, 0) is 6.42 Å². The average Bonchev–Trinajstić information content (AvgIpc) is 2.88. The Hall–Kier alpha value is -1.71. The van der Waals surface area contributed by atoms with Crippen molar-refractivity contribution < 1.29 is 13.3 Å². The van der Waals surface area contributed by atoms with Gasteiger partial charge in [-0.15, -0.1) is 24.0 Å². The molecule has 0 aliphatic carbocycles. The van der Waals surface area contributed by atoms with Crippen LogP contribution < -0.4 is 10.6 Å². The molecule has 0 fully saturated rings. The van der Waals surface area contributed by atoms with Crippen molar-refractivity contribution in [2.75, 3.05) is 13.6 Å². The lowest BCUT2D eigenvalue weighted by atomic mass is 10.1. The highest BCUT2D eigenvalue weighted by Gasteiger charge is 2.12. The molecule has 25 heavy (non-hydrogen) atoms. The van der Waals surface area contributed by atoms with Gasteiger partial charge in [-0.05, 0) is 44.9 Å². The Morgan fingerprint density at radius 2 is 2.00 bits per heavy atom. The van der Waals surface area contributed by atoms with E-state index in [1.54, 1.807) is 13.1 Å². The predicted molar refractivity (Wildman–Crippen MR) is 104 cm³/mol. The number of aryl methyl sites for hydroxylation is 2. The molecule has 0 saturated heterocycles. The van der Waals surface area contributed by atoms with Gasteiger partial charge in [-0.2, -0.15) is 0 Å². The Kier molecular flexibility index (Phi) is 8.27. The second-order valence-electron chi connectivity index (χ2n) is 5.59. The molecule has 0 spiro atoms. The first kappa shape index (κ1) is 21.3. The number of aromatic nitrogens is 1. The summed E-state index contributed by atoms with van der Waals surface area (Å²) in [5, 5.41) is 10.3. The zero-order valence-corrected chi connectivity index (χ0v) is 17.0. The van der Waals surface area contributed by atoms with Crippen molar-refractivity contribution in [3.8, 4) is 0 Å². The summed E-state index contributed by atoms with van der Waals surface area (Å²) < 4.78 is 31.5. The lowest BCUT2D eigenvalue weighted by molar-refractivity contribution is 0.392. The molecule has 1 aromatic heterocycles. The molecule has 138 valence electrons. The number of hydrogen-bond donors (Lipinski definition) is 2. The summed E-state index contributed by atoms with van der Waals surface area (Å²) in [4.78, 5) is 4.14.